The average molecular weight is 349 g/mol. The van der Waals surface area contributed by atoms with Gasteiger partial charge in [0, 0.05) is 30.7 Å². The molecule has 26 heavy (non-hydrogen) atoms. The van der Waals surface area contributed by atoms with Crippen LogP contribution in [0.4, 0.5) is 0 Å². The van der Waals surface area contributed by atoms with Gasteiger partial charge in [0.15, 0.2) is 0 Å². The van der Waals surface area contributed by atoms with Gasteiger partial charge < -0.3 is 0 Å². The third-order valence-electron chi connectivity index (χ3n) is 5.46. The van der Waals surface area contributed by atoms with Gasteiger partial charge in [-0.05, 0) is 63.2 Å². The van der Waals surface area contributed by atoms with Gasteiger partial charge in [0.25, 0.3) is 0 Å². The topological polar surface area (TPSA) is 48.1 Å². The summed E-state index contributed by atoms with van der Waals surface area (Å²) in [6.45, 7) is 4.28. The van der Waals surface area contributed by atoms with E-state index >= 15 is 0 Å². The van der Waals surface area contributed by atoms with E-state index in [0.717, 1.165) is 30.8 Å². The van der Waals surface area contributed by atoms with Crippen LogP contribution in [-0.2, 0) is 13.1 Å². The summed E-state index contributed by atoms with van der Waals surface area (Å²) in [7, 11) is 2.24. The zero-order valence-corrected chi connectivity index (χ0v) is 15.4. The largest absolute Gasteiger partial charge is 0.299 e. The van der Waals surface area contributed by atoms with E-state index in [1.54, 1.807) is 0 Å². The Morgan fingerprint density at radius 3 is 3.04 bits per heavy atom. The lowest BCUT2D eigenvalue weighted by atomic mass is 10.1. The molecule has 0 unspecified atom stereocenters. The molecule has 1 aliphatic heterocycles. The van der Waals surface area contributed by atoms with Crippen molar-refractivity contribution in [2.45, 2.75) is 38.4 Å². The number of hydrogen-bond acceptors (Lipinski definition) is 4. The van der Waals surface area contributed by atoms with Gasteiger partial charge in [-0.1, -0.05) is 18.2 Å². The maximum atomic E-state index is 4.47. The molecule has 0 bridgehead atoms. The molecule has 5 nitrogen and oxygen atoms in total. The average Bonchev–Trinajstić information content (AvgIpc) is 3.00. The van der Waals surface area contributed by atoms with Crippen LogP contribution in [0.25, 0.3) is 10.9 Å². The molecule has 1 N–H and O–H groups in total. The molecule has 4 rings (SSSR count). The van der Waals surface area contributed by atoms with Crippen molar-refractivity contribution < 1.29 is 0 Å². The van der Waals surface area contributed by atoms with Crippen molar-refractivity contribution in [2.75, 3.05) is 20.1 Å². The van der Waals surface area contributed by atoms with Crippen molar-refractivity contribution in [3.63, 3.8) is 0 Å². The fraction of sp³-hybridized carbons (Fsp3) is 0.429. The van der Waals surface area contributed by atoms with E-state index in [4.69, 9.17) is 0 Å². The number of H-pyrrole nitrogens is 1. The Morgan fingerprint density at radius 1 is 1.19 bits per heavy atom. The highest BCUT2D eigenvalue weighted by atomic mass is 15.2. The zero-order valence-electron chi connectivity index (χ0n) is 15.4. The van der Waals surface area contributed by atoms with Crippen molar-refractivity contribution in [1.29, 1.82) is 0 Å². The van der Waals surface area contributed by atoms with Crippen LogP contribution in [-0.4, -0.2) is 51.2 Å². The van der Waals surface area contributed by atoms with Gasteiger partial charge in [-0.25, -0.2) is 0 Å². The summed E-state index contributed by atoms with van der Waals surface area (Å²) in [4.78, 5) is 9.53. The van der Waals surface area contributed by atoms with E-state index in [1.165, 1.54) is 36.8 Å². The van der Waals surface area contributed by atoms with Crippen LogP contribution < -0.4 is 0 Å². The maximum absolute atomic E-state index is 4.47. The minimum atomic E-state index is 0.636. The lowest BCUT2D eigenvalue weighted by Crippen LogP contribution is -2.32. The van der Waals surface area contributed by atoms with Crippen LogP contribution >= 0.6 is 0 Å². The highest BCUT2D eigenvalue weighted by Crippen LogP contribution is 2.20. The van der Waals surface area contributed by atoms with Crippen molar-refractivity contribution in [3.05, 3.63) is 60.0 Å². The normalized spacial score (nSPS) is 19.1. The number of hydrogen-bond donors (Lipinski definition) is 1. The van der Waals surface area contributed by atoms with E-state index in [2.05, 4.69) is 62.4 Å². The molecule has 1 aromatic carbocycles. The molecule has 1 atom stereocenters. The number of rotatable bonds is 5. The van der Waals surface area contributed by atoms with Crippen LogP contribution in [0, 0.1) is 0 Å². The first-order valence-electron chi connectivity index (χ1n) is 9.52. The van der Waals surface area contributed by atoms with Crippen LogP contribution in [0.3, 0.4) is 0 Å². The monoisotopic (exact) mass is 349 g/mol. The third-order valence-corrected chi connectivity index (χ3v) is 5.46. The molecule has 1 aliphatic rings. The maximum Gasteiger partial charge on any atom is 0.0653 e. The highest BCUT2D eigenvalue weighted by molar-refractivity contribution is 5.78. The molecule has 1 fully saturated rings. The number of nitrogens with one attached hydrogen (secondary N) is 1. The molecular weight excluding hydrogens is 322 g/mol. The van der Waals surface area contributed by atoms with Gasteiger partial charge in [0.1, 0.15) is 0 Å². The van der Waals surface area contributed by atoms with Gasteiger partial charge >= 0.3 is 0 Å². The van der Waals surface area contributed by atoms with E-state index in [0.29, 0.717) is 6.04 Å². The standard InChI is InChI=1S/C21H27N5/c1-25(16-19-5-2-3-10-22-19)20-6-4-11-26(12-9-20)15-17-7-8-18-14-23-24-21(18)13-17/h2-3,5,7-8,10,13-14,20H,4,6,9,11-12,15-16H2,1H3,(H,23,24)/t20-/m0/s1. The molecule has 136 valence electrons. The first-order chi connectivity index (χ1) is 12.8. The predicted octanol–water partition coefficient (Wildman–Crippen LogP) is 3.44. The minimum Gasteiger partial charge on any atom is -0.299 e. The van der Waals surface area contributed by atoms with Crippen LogP contribution in [0.15, 0.2) is 48.8 Å². The van der Waals surface area contributed by atoms with E-state index in [1.807, 2.05) is 18.5 Å². The first kappa shape index (κ1) is 17.2. The van der Waals surface area contributed by atoms with Gasteiger partial charge in [0.2, 0.25) is 0 Å². The smallest absolute Gasteiger partial charge is 0.0653 e. The Labute approximate surface area is 155 Å². The Hall–Kier alpha value is -2.24. The molecular formula is C21H27N5. The van der Waals surface area contributed by atoms with Crippen LogP contribution in [0.5, 0.6) is 0 Å². The van der Waals surface area contributed by atoms with E-state index in [9.17, 15) is 0 Å². The van der Waals surface area contributed by atoms with Crippen molar-refractivity contribution in [3.8, 4) is 0 Å². The molecule has 0 aliphatic carbocycles. The molecule has 3 aromatic rings. The van der Waals surface area contributed by atoms with E-state index < -0.39 is 0 Å². The van der Waals surface area contributed by atoms with Gasteiger partial charge in [-0.3, -0.25) is 19.9 Å². The quantitative estimate of drug-likeness (QED) is 0.766. The molecule has 0 radical (unpaired) electrons. The van der Waals surface area contributed by atoms with Crippen molar-refractivity contribution in [1.82, 2.24) is 25.0 Å². The summed E-state index contributed by atoms with van der Waals surface area (Å²) in [5.41, 5.74) is 3.65. The number of aromatic amines is 1. The summed E-state index contributed by atoms with van der Waals surface area (Å²) in [6.07, 6.45) is 7.50. The molecule has 0 saturated carbocycles. The summed E-state index contributed by atoms with van der Waals surface area (Å²) < 4.78 is 0. The number of likely N-dealkylation sites (tertiary alicyclic amines) is 1. The SMILES string of the molecule is CN(Cc1ccccn1)[C@H]1CCCN(Cc2ccc3cn[nH]c3c2)CC1. The molecule has 3 heterocycles. The molecule has 0 amide bonds. The highest BCUT2D eigenvalue weighted by Gasteiger charge is 2.20. The molecule has 5 heteroatoms. The zero-order chi connectivity index (χ0) is 17.8. The third kappa shape index (κ3) is 4.11. The minimum absolute atomic E-state index is 0.636. The fourth-order valence-corrected chi connectivity index (χ4v) is 3.95. The summed E-state index contributed by atoms with van der Waals surface area (Å²) in [5.74, 6) is 0. The van der Waals surface area contributed by atoms with E-state index in [-0.39, 0.29) is 0 Å². The number of fused-ring (bicyclic) bond motifs is 1. The second-order valence-corrected chi connectivity index (χ2v) is 7.39. The number of benzene rings is 1. The molecule has 1 saturated heterocycles. The van der Waals surface area contributed by atoms with Gasteiger partial charge in [0.05, 0.1) is 17.4 Å². The number of nitrogens with zero attached hydrogens (tertiary/aromatic N) is 4. The lowest BCUT2D eigenvalue weighted by molar-refractivity contribution is 0.204. The molecule has 0 spiro atoms. The fourth-order valence-electron chi connectivity index (χ4n) is 3.95. The Bertz CT molecular complexity index is 829. The Morgan fingerprint density at radius 2 is 2.15 bits per heavy atom. The first-order valence-corrected chi connectivity index (χ1v) is 9.52. The second-order valence-electron chi connectivity index (χ2n) is 7.39. The second kappa shape index (κ2) is 7.98. The van der Waals surface area contributed by atoms with Crippen LogP contribution in [0.2, 0.25) is 0 Å². The summed E-state index contributed by atoms with van der Waals surface area (Å²) in [6, 6.07) is 13.4. The van der Waals surface area contributed by atoms with Gasteiger partial charge in [-0.2, -0.15) is 5.10 Å². The number of aromatic nitrogens is 3. The van der Waals surface area contributed by atoms with Gasteiger partial charge in [-0.15, -0.1) is 0 Å². The summed E-state index contributed by atoms with van der Waals surface area (Å²) >= 11 is 0. The van der Waals surface area contributed by atoms with Crippen LogP contribution in [0.1, 0.15) is 30.5 Å². The van der Waals surface area contributed by atoms with Crippen molar-refractivity contribution >= 4 is 10.9 Å². The Kier molecular flexibility index (Phi) is 5.27. The van der Waals surface area contributed by atoms with Crippen molar-refractivity contribution in [2.24, 2.45) is 0 Å². The lowest BCUT2D eigenvalue weighted by Gasteiger charge is -2.27. The number of pyridine rings is 1. The summed E-state index contributed by atoms with van der Waals surface area (Å²) in [5, 5.41) is 8.37. The Balaban J connectivity index is 1.34. The molecule has 2 aromatic heterocycles. The predicted molar refractivity (Wildman–Crippen MR) is 105 cm³/mol.